The number of aliphatic hydroxyl groups excluding tert-OH is 4. The highest BCUT2D eigenvalue weighted by molar-refractivity contribution is 8.13. The first-order valence-electron chi connectivity index (χ1n) is 31.0. The summed E-state index contributed by atoms with van der Waals surface area (Å²) in [7, 11) is 0. The summed E-state index contributed by atoms with van der Waals surface area (Å²) in [6.45, 7) is 11.3. The monoisotopic (exact) mass is 1080 g/mol. The SMILES string of the molecule is CCCCCCCCCCC(O)CN(CCC(=O)SCC1NC(=O)C(CSC(=O)CCN(CC(O)CCCCCCCCCC)CC(O)CCCCCCCCCC)NC1=O)CC(O)CCCCCCCCCC. The predicted molar refractivity (Wildman–Crippen MR) is 314 cm³/mol. The van der Waals surface area contributed by atoms with Crippen LogP contribution in [0.1, 0.15) is 272 Å². The molecule has 6 N–H and O–H groups in total. The molecule has 0 aromatic carbocycles. The van der Waals surface area contributed by atoms with Gasteiger partial charge in [0.1, 0.15) is 12.1 Å². The molecule has 1 aliphatic heterocycles. The van der Waals surface area contributed by atoms with E-state index < -0.39 is 36.5 Å². The van der Waals surface area contributed by atoms with Gasteiger partial charge < -0.3 is 31.1 Å². The number of piperazine rings is 1. The van der Waals surface area contributed by atoms with Crippen molar-refractivity contribution in [1.29, 1.82) is 0 Å². The van der Waals surface area contributed by atoms with Crippen LogP contribution in [0.2, 0.25) is 0 Å². The van der Waals surface area contributed by atoms with Crippen molar-refractivity contribution in [2.24, 2.45) is 0 Å². The highest BCUT2D eigenvalue weighted by atomic mass is 32.2. The molecule has 436 valence electrons. The fraction of sp³-hybridized carbons (Fsp3) is 0.933. The fourth-order valence-electron chi connectivity index (χ4n) is 10.0. The molecule has 12 nitrogen and oxygen atoms in total. The summed E-state index contributed by atoms with van der Waals surface area (Å²) in [5.74, 6) is -0.605. The minimum Gasteiger partial charge on any atom is -0.392 e. The number of amides is 2. The average Bonchev–Trinajstić information content (AvgIpc) is 3.37. The molecule has 0 aromatic heterocycles. The number of hydrogen-bond acceptors (Lipinski definition) is 12. The number of carbonyl (C=O) groups excluding carboxylic acids is 4. The Labute approximate surface area is 462 Å². The van der Waals surface area contributed by atoms with Gasteiger partial charge in [0.25, 0.3) is 0 Å². The maximum Gasteiger partial charge on any atom is 0.244 e. The minimum atomic E-state index is -0.880. The van der Waals surface area contributed by atoms with Gasteiger partial charge in [-0.1, -0.05) is 257 Å². The Balaban J connectivity index is 2.64. The first-order chi connectivity index (χ1) is 35.9. The molecule has 0 saturated carbocycles. The number of hydrogen-bond donors (Lipinski definition) is 6. The molecule has 74 heavy (non-hydrogen) atoms. The van der Waals surface area contributed by atoms with Gasteiger partial charge in [0, 0.05) is 63.6 Å². The van der Waals surface area contributed by atoms with Crippen LogP contribution in [0.3, 0.4) is 0 Å². The third-order valence-corrected chi connectivity index (χ3v) is 16.8. The zero-order chi connectivity index (χ0) is 54.3. The lowest BCUT2D eigenvalue weighted by Gasteiger charge is -2.29. The summed E-state index contributed by atoms with van der Waals surface area (Å²) in [4.78, 5) is 56.8. The van der Waals surface area contributed by atoms with Crippen LogP contribution in [0.4, 0.5) is 0 Å². The van der Waals surface area contributed by atoms with E-state index >= 15 is 0 Å². The van der Waals surface area contributed by atoms with E-state index in [1.807, 2.05) is 9.80 Å². The molecule has 1 heterocycles. The number of thioether (sulfide) groups is 2. The van der Waals surface area contributed by atoms with Gasteiger partial charge in [0.2, 0.25) is 11.8 Å². The second-order valence-electron chi connectivity index (χ2n) is 22.2. The van der Waals surface area contributed by atoms with E-state index in [1.165, 1.54) is 154 Å². The molecule has 0 radical (unpaired) electrons. The molecule has 0 aromatic rings. The second-order valence-corrected chi connectivity index (χ2v) is 24.3. The largest absolute Gasteiger partial charge is 0.392 e. The highest BCUT2D eigenvalue weighted by Crippen LogP contribution is 2.19. The maximum atomic E-state index is 13.2. The quantitative estimate of drug-likeness (QED) is 0.0318. The number of rotatable bonds is 54. The number of unbranched alkanes of at least 4 members (excludes halogenated alkanes) is 28. The zero-order valence-electron chi connectivity index (χ0n) is 48.1. The molecule has 0 aliphatic carbocycles. The third-order valence-electron chi connectivity index (χ3n) is 14.8. The van der Waals surface area contributed by atoms with Gasteiger partial charge in [-0.2, -0.15) is 0 Å². The van der Waals surface area contributed by atoms with E-state index in [4.69, 9.17) is 0 Å². The van der Waals surface area contributed by atoms with Crippen LogP contribution >= 0.6 is 23.5 Å². The summed E-state index contributed by atoms with van der Waals surface area (Å²) in [6.07, 6.45) is 39.3. The number of carbonyl (C=O) groups is 4. The van der Waals surface area contributed by atoms with Crippen LogP contribution in [0.25, 0.3) is 0 Å². The van der Waals surface area contributed by atoms with E-state index in [9.17, 15) is 39.6 Å². The number of nitrogens with zero attached hydrogens (tertiary/aromatic N) is 2. The van der Waals surface area contributed by atoms with Crippen molar-refractivity contribution in [2.45, 2.75) is 308 Å². The first-order valence-corrected chi connectivity index (χ1v) is 33.0. The zero-order valence-corrected chi connectivity index (χ0v) is 49.8. The molecule has 0 bridgehead atoms. The lowest BCUT2D eigenvalue weighted by Crippen LogP contribution is -2.63. The summed E-state index contributed by atoms with van der Waals surface area (Å²) >= 11 is 2.02. The van der Waals surface area contributed by atoms with Gasteiger partial charge in [0.15, 0.2) is 10.2 Å². The van der Waals surface area contributed by atoms with E-state index in [1.54, 1.807) is 0 Å². The van der Waals surface area contributed by atoms with Crippen LogP contribution in [-0.4, -0.2) is 140 Å². The molecule has 1 fully saturated rings. The lowest BCUT2D eigenvalue weighted by molar-refractivity contribution is -0.135. The molecular weight excluding hydrogens is 969 g/mol. The highest BCUT2D eigenvalue weighted by Gasteiger charge is 2.34. The molecule has 0 spiro atoms. The number of aliphatic hydroxyl groups is 4. The Morgan fingerprint density at radius 3 is 0.838 bits per heavy atom. The molecule has 6 unspecified atom stereocenters. The van der Waals surface area contributed by atoms with Crippen molar-refractivity contribution in [1.82, 2.24) is 20.4 Å². The van der Waals surface area contributed by atoms with E-state index in [0.29, 0.717) is 65.0 Å². The average molecular weight is 1090 g/mol. The van der Waals surface area contributed by atoms with Crippen molar-refractivity contribution in [2.75, 3.05) is 50.8 Å². The summed E-state index contributed by atoms with van der Waals surface area (Å²) < 4.78 is 0. The molecule has 1 rings (SSSR count). The summed E-state index contributed by atoms with van der Waals surface area (Å²) in [5.41, 5.74) is 0. The Morgan fingerprint density at radius 2 is 0.608 bits per heavy atom. The van der Waals surface area contributed by atoms with Crippen LogP contribution in [0, 0.1) is 0 Å². The topological polar surface area (TPSA) is 180 Å². The minimum absolute atomic E-state index is 0.0863. The molecule has 2 amide bonds. The van der Waals surface area contributed by atoms with Crippen LogP contribution < -0.4 is 10.6 Å². The van der Waals surface area contributed by atoms with Crippen LogP contribution in [-0.2, 0) is 19.2 Å². The van der Waals surface area contributed by atoms with E-state index in [-0.39, 0.29) is 46.4 Å². The van der Waals surface area contributed by atoms with Gasteiger partial charge in [-0.05, 0) is 25.7 Å². The second kappa shape index (κ2) is 50.0. The van der Waals surface area contributed by atoms with Gasteiger partial charge in [0.05, 0.1) is 24.4 Å². The molecule has 6 atom stereocenters. The predicted octanol–water partition coefficient (Wildman–Crippen LogP) is 12.4. The van der Waals surface area contributed by atoms with Crippen LogP contribution in [0.5, 0.6) is 0 Å². The molecule has 1 saturated heterocycles. The Hall–Kier alpha value is -1.26. The van der Waals surface area contributed by atoms with Crippen molar-refractivity contribution in [3.05, 3.63) is 0 Å². The number of nitrogens with one attached hydrogen (secondary N) is 2. The van der Waals surface area contributed by atoms with E-state index in [0.717, 1.165) is 74.9 Å². The normalized spacial score (nSPS) is 16.7. The summed E-state index contributed by atoms with van der Waals surface area (Å²) in [5, 5.41) is 49.3. The Kier molecular flexibility index (Phi) is 47.8. The van der Waals surface area contributed by atoms with Gasteiger partial charge in [-0.3, -0.25) is 29.0 Å². The van der Waals surface area contributed by atoms with E-state index in [2.05, 4.69) is 38.3 Å². The molecule has 14 heteroatoms. The third kappa shape index (κ3) is 41.8. The molecular formula is C60H116N4O8S2. The maximum absolute atomic E-state index is 13.2. The summed E-state index contributed by atoms with van der Waals surface area (Å²) in [6, 6.07) is -1.76. The van der Waals surface area contributed by atoms with Crippen molar-refractivity contribution in [3.8, 4) is 0 Å². The molecule has 1 aliphatic rings. The van der Waals surface area contributed by atoms with Crippen molar-refractivity contribution < 1.29 is 39.6 Å². The van der Waals surface area contributed by atoms with Gasteiger partial charge in [-0.15, -0.1) is 0 Å². The van der Waals surface area contributed by atoms with Gasteiger partial charge >= 0.3 is 0 Å². The van der Waals surface area contributed by atoms with Crippen LogP contribution in [0.15, 0.2) is 0 Å². The smallest absolute Gasteiger partial charge is 0.244 e. The fourth-order valence-corrected chi connectivity index (χ4v) is 11.7. The van der Waals surface area contributed by atoms with Crippen molar-refractivity contribution in [3.63, 3.8) is 0 Å². The first kappa shape index (κ1) is 70.8. The Bertz CT molecular complexity index is 1200. The van der Waals surface area contributed by atoms with Crippen molar-refractivity contribution >= 4 is 45.6 Å². The lowest BCUT2D eigenvalue weighted by atomic mass is 10.0. The Morgan fingerprint density at radius 1 is 0.392 bits per heavy atom. The standard InChI is InChI=1S/C60H116N4O8S2/c1-5-9-13-17-21-25-29-33-37-51(65)45-63(46-52(66)38-34-30-26-22-18-14-10-6-2)43-41-57(69)73-49-55-59(71)62-56(60(72)61-55)50-74-58(70)42-44-64(47-53(67)39-35-31-27-23-19-15-11-7-3)48-54(68)40-36-32-28-24-20-16-12-8-4/h51-56,65-68H,5-50H2,1-4H3,(H,61,72)(H,62,71). The van der Waals surface area contributed by atoms with Gasteiger partial charge in [-0.25, -0.2) is 0 Å².